The molecule has 2 atom stereocenters. The number of anilines is 2. The van der Waals surface area contributed by atoms with Gasteiger partial charge in [-0.25, -0.2) is 4.98 Å². The Bertz CT molecular complexity index is 454. The van der Waals surface area contributed by atoms with Crippen molar-refractivity contribution in [1.29, 1.82) is 0 Å². The van der Waals surface area contributed by atoms with Gasteiger partial charge in [-0.1, -0.05) is 0 Å². The molecule has 0 aliphatic rings. The SMILES string of the molecule is CCNc1cc([N+](=O)[O-])cc(NC(C)C(CO)SC)n1. The van der Waals surface area contributed by atoms with E-state index < -0.39 is 4.92 Å². The quantitative estimate of drug-likeness (QED) is 0.498. The first-order valence-electron chi connectivity index (χ1n) is 6.32. The maximum Gasteiger partial charge on any atom is 0.276 e. The van der Waals surface area contributed by atoms with Crippen molar-refractivity contribution in [3.8, 4) is 0 Å². The third-order valence-electron chi connectivity index (χ3n) is 2.79. The molecule has 0 bridgehead atoms. The number of aliphatic hydroxyl groups is 1. The van der Waals surface area contributed by atoms with Gasteiger partial charge in [-0.15, -0.1) is 0 Å². The van der Waals surface area contributed by atoms with E-state index in [2.05, 4.69) is 15.6 Å². The van der Waals surface area contributed by atoms with Crippen LogP contribution in [0, 0.1) is 10.1 Å². The molecule has 1 aromatic rings. The van der Waals surface area contributed by atoms with Crippen LogP contribution in [-0.4, -0.2) is 45.7 Å². The van der Waals surface area contributed by atoms with Crippen molar-refractivity contribution in [2.75, 3.05) is 30.0 Å². The highest BCUT2D eigenvalue weighted by molar-refractivity contribution is 7.99. The van der Waals surface area contributed by atoms with Crippen LogP contribution in [0.25, 0.3) is 0 Å². The molecular formula is C12H20N4O3S. The Balaban J connectivity index is 2.95. The first-order valence-corrected chi connectivity index (χ1v) is 7.61. The average molecular weight is 300 g/mol. The summed E-state index contributed by atoms with van der Waals surface area (Å²) in [5.41, 5.74) is -0.0182. The van der Waals surface area contributed by atoms with Crippen LogP contribution < -0.4 is 10.6 Å². The van der Waals surface area contributed by atoms with Crippen molar-refractivity contribution < 1.29 is 10.0 Å². The summed E-state index contributed by atoms with van der Waals surface area (Å²) in [5.74, 6) is 0.885. The number of hydrogen-bond acceptors (Lipinski definition) is 7. The van der Waals surface area contributed by atoms with Crippen molar-refractivity contribution in [1.82, 2.24) is 4.98 Å². The molecule has 0 saturated carbocycles. The molecular weight excluding hydrogens is 280 g/mol. The highest BCUT2D eigenvalue weighted by Crippen LogP contribution is 2.22. The van der Waals surface area contributed by atoms with Gasteiger partial charge in [-0.2, -0.15) is 11.8 Å². The van der Waals surface area contributed by atoms with E-state index in [0.717, 1.165) is 0 Å². The third-order valence-corrected chi connectivity index (χ3v) is 3.96. The molecule has 2 unspecified atom stereocenters. The second-order valence-electron chi connectivity index (χ2n) is 4.27. The average Bonchev–Trinajstić information content (AvgIpc) is 2.40. The summed E-state index contributed by atoms with van der Waals surface area (Å²) in [6.45, 7) is 4.47. The van der Waals surface area contributed by atoms with Crippen molar-refractivity contribution in [3.05, 3.63) is 22.2 Å². The molecule has 3 N–H and O–H groups in total. The van der Waals surface area contributed by atoms with Crippen LogP contribution in [0.15, 0.2) is 12.1 Å². The largest absolute Gasteiger partial charge is 0.395 e. The van der Waals surface area contributed by atoms with Crippen LogP contribution in [-0.2, 0) is 0 Å². The van der Waals surface area contributed by atoms with E-state index in [9.17, 15) is 15.2 Å². The minimum absolute atomic E-state index is 0.00125. The Morgan fingerprint density at radius 2 is 2.15 bits per heavy atom. The summed E-state index contributed by atoms with van der Waals surface area (Å²) in [7, 11) is 0. The van der Waals surface area contributed by atoms with Gasteiger partial charge in [0.1, 0.15) is 11.6 Å². The lowest BCUT2D eigenvalue weighted by Crippen LogP contribution is -2.31. The van der Waals surface area contributed by atoms with Crippen molar-refractivity contribution in [2.45, 2.75) is 25.1 Å². The van der Waals surface area contributed by atoms with E-state index in [1.807, 2.05) is 20.1 Å². The Kier molecular flexibility index (Phi) is 6.53. The van der Waals surface area contributed by atoms with Gasteiger partial charge in [-0.05, 0) is 20.1 Å². The first kappa shape index (κ1) is 16.5. The van der Waals surface area contributed by atoms with Crippen LogP contribution in [0.2, 0.25) is 0 Å². The number of nitro groups is 1. The maximum atomic E-state index is 10.9. The molecule has 1 heterocycles. The van der Waals surface area contributed by atoms with Gasteiger partial charge in [0.25, 0.3) is 5.69 Å². The third kappa shape index (κ3) is 4.53. The van der Waals surface area contributed by atoms with Gasteiger partial charge in [0.15, 0.2) is 0 Å². The molecule has 0 spiro atoms. The molecule has 0 aliphatic heterocycles. The molecule has 0 aliphatic carbocycles. The zero-order valence-electron chi connectivity index (χ0n) is 11.8. The number of nitrogens with one attached hydrogen (secondary N) is 2. The van der Waals surface area contributed by atoms with Crippen LogP contribution in [0.1, 0.15) is 13.8 Å². The molecule has 1 aromatic heterocycles. The Morgan fingerprint density at radius 3 is 2.65 bits per heavy atom. The van der Waals surface area contributed by atoms with Crippen molar-refractivity contribution in [3.63, 3.8) is 0 Å². The number of pyridine rings is 1. The van der Waals surface area contributed by atoms with Gasteiger partial charge in [0, 0.05) is 17.8 Å². The van der Waals surface area contributed by atoms with E-state index in [-0.39, 0.29) is 23.6 Å². The number of aliphatic hydroxyl groups excluding tert-OH is 1. The number of aromatic nitrogens is 1. The van der Waals surface area contributed by atoms with E-state index >= 15 is 0 Å². The molecule has 20 heavy (non-hydrogen) atoms. The fourth-order valence-corrected chi connectivity index (χ4v) is 2.36. The predicted molar refractivity (Wildman–Crippen MR) is 82.5 cm³/mol. The summed E-state index contributed by atoms with van der Waals surface area (Å²) < 4.78 is 0. The maximum absolute atomic E-state index is 10.9. The summed E-state index contributed by atoms with van der Waals surface area (Å²) in [5, 5.41) is 26.2. The number of hydrogen-bond donors (Lipinski definition) is 3. The second kappa shape index (κ2) is 7.91. The molecule has 8 heteroatoms. The summed E-state index contributed by atoms with van der Waals surface area (Å²) >= 11 is 1.53. The Labute approximate surface area is 122 Å². The molecule has 1 rings (SSSR count). The first-order chi connectivity index (χ1) is 9.51. The van der Waals surface area contributed by atoms with E-state index in [1.54, 1.807) is 0 Å². The monoisotopic (exact) mass is 300 g/mol. The Morgan fingerprint density at radius 1 is 1.50 bits per heavy atom. The number of thioether (sulfide) groups is 1. The fourth-order valence-electron chi connectivity index (χ4n) is 1.73. The van der Waals surface area contributed by atoms with E-state index in [4.69, 9.17) is 0 Å². The van der Waals surface area contributed by atoms with Crippen molar-refractivity contribution in [2.24, 2.45) is 0 Å². The smallest absolute Gasteiger partial charge is 0.276 e. The standard InChI is InChI=1S/C12H20N4O3S/c1-4-13-11-5-9(16(18)19)6-12(15-11)14-8(2)10(7-17)20-3/h5-6,8,10,17H,4,7H2,1-3H3,(H2,13,14,15). The molecule has 112 valence electrons. The molecule has 0 radical (unpaired) electrons. The normalized spacial score (nSPS) is 13.6. The summed E-state index contributed by atoms with van der Waals surface area (Å²) in [6, 6.07) is 2.74. The van der Waals surface area contributed by atoms with Gasteiger partial charge >= 0.3 is 0 Å². The van der Waals surface area contributed by atoms with Gasteiger partial charge in [-0.3, -0.25) is 10.1 Å². The molecule has 0 fully saturated rings. The van der Waals surface area contributed by atoms with Crippen molar-refractivity contribution >= 4 is 29.1 Å². The number of rotatable bonds is 8. The van der Waals surface area contributed by atoms with Gasteiger partial charge in [0.2, 0.25) is 0 Å². The van der Waals surface area contributed by atoms with E-state index in [1.165, 1.54) is 23.9 Å². The fraction of sp³-hybridized carbons (Fsp3) is 0.583. The van der Waals surface area contributed by atoms with Crippen LogP contribution in [0.3, 0.4) is 0 Å². The molecule has 7 nitrogen and oxygen atoms in total. The zero-order chi connectivity index (χ0) is 15.1. The topological polar surface area (TPSA) is 100 Å². The lowest BCUT2D eigenvalue weighted by atomic mass is 10.2. The molecule has 0 amide bonds. The highest BCUT2D eigenvalue weighted by Gasteiger charge is 2.17. The summed E-state index contributed by atoms with van der Waals surface area (Å²) in [6.07, 6.45) is 1.91. The minimum Gasteiger partial charge on any atom is -0.395 e. The van der Waals surface area contributed by atoms with Gasteiger partial charge < -0.3 is 15.7 Å². The van der Waals surface area contributed by atoms with Crippen LogP contribution >= 0.6 is 11.8 Å². The summed E-state index contributed by atoms with van der Waals surface area (Å²) in [4.78, 5) is 14.8. The lowest BCUT2D eigenvalue weighted by Gasteiger charge is -2.22. The molecule has 0 aromatic carbocycles. The number of nitrogens with zero attached hydrogens (tertiary/aromatic N) is 2. The van der Waals surface area contributed by atoms with Crippen LogP contribution in [0.4, 0.5) is 17.3 Å². The molecule has 0 saturated heterocycles. The second-order valence-corrected chi connectivity index (χ2v) is 5.35. The highest BCUT2D eigenvalue weighted by atomic mass is 32.2. The van der Waals surface area contributed by atoms with E-state index in [0.29, 0.717) is 18.2 Å². The van der Waals surface area contributed by atoms with Crippen LogP contribution in [0.5, 0.6) is 0 Å². The minimum atomic E-state index is -0.448. The van der Waals surface area contributed by atoms with Gasteiger partial charge in [0.05, 0.1) is 23.7 Å². The zero-order valence-corrected chi connectivity index (χ0v) is 12.6. The Hall–Kier alpha value is -1.54. The predicted octanol–water partition coefficient (Wildman–Crippen LogP) is 1.95. The lowest BCUT2D eigenvalue weighted by molar-refractivity contribution is -0.384.